The molecule has 2 nitrogen and oxygen atoms in total. The van der Waals surface area contributed by atoms with E-state index in [1.165, 1.54) is 23.3 Å². The zero-order valence-electron chi connectivity index (χ0n) is 11.1. The molecule has 18 heavy (non-hydrogen) atoms. The maximum Gasteiger partial charge on any atom is 0.302 e. The Labute approximate surface area is 108 Å². The summed E-state index contributed by atoms with van der Waals surface area (Å²) in [4.78, 5) is 10.9. The molecule has 0 aromatic heterocycles. The summed E-state index contributed by atoms with van der Waals surface area (Å²) in [6, 6.07) is 12.5. The molecule has 0 bridgehead atoms. The highest BCUT2D eigenvalue weighted by molar-refractivity contribution is 5.87. The van der Waals surface area contributed by atoms with Crippen LogP contribution in [-0.2, 0) is 16.1 Å². The molecule has 2 rings (SSSR count). The van der Waals surface area contributed by atoms with Crippen LogP contribution in [0, 0.1) is 0 Å². The van der Waals surface area contributed by atoms with Crippen molar-refractivity contribution >= 4 is 16.7 Å². The number of hydrogen-bond donors (Lipinski definition) is 0. The number of carbonyl (C=O) groups excluding carboxylic acids is 1. The molecule has 0 aliphatic heterocycles. The van der Waals surface area contributed by atoms with E-state index in [9.17, 15) is 4.79 Å². The van der Waals surface area contributed by atoms with E-state index in [2.05, 4.69) is 38.1 Å². The van der Waals surface area contributed by atoms with Gasteiger partial charge < -0.3 is 4.74 Å². The van der Waals surface area contributed by atoms with Gasteiger partial charge in [-0.25, -0.2) is 0 Å². The number of fused-ring (bicyclic) bond motifs is 1. The predicted octanol–water partition coefficient (Wildman–Crippen LogP) is 4.03. The third-order valence-corrected chi connectivity index (χ3v) is 3.07. The average molecular weight is 242 g/mol. The molecule has 0 unspecified atom stereocenters. The summed E-state index contributed by atoms with van der Waals surface area (Å²) in [6.45, 7) is 6.13. The first-order valence-corrected chi connectivity index (χ1v) is 6.23. The third-order valence-electron chi connectivity index (χ3n) is 3.07. The fraction of sp³-hybridized carbons (Fsp3) is 0.312. The van der Waals surface area contributed by atoms with Crippen molar-refractivity contribution < 1.29 is 9.53 Å². The van der Waals surface area contributed by atoms with Crippen molar-refractivity contribution in [3.05, 3.63) is 47.5 Å². The van der Waals surface area contributed by atoms with E-state index in [0.29, 0.717) is 12.5 Å². The van der Waals surface area contributed by atoms with Gasteiger partial charge in [0.15, 0.2) is 0 Å². The minimum Gasteiger partial charge on any atom is -0.461 e. The van der Waals surface area contributed by atoms with Gasteiger partial charge in [-0.1, -0.05) is 50.2 Å². The number of hydrogen-bond acceptors (Lipinski definition) is 2. The lowest BCUT2D eigenvalue weighted by Gasteiger charge is -2.16. The fourth-order valence-electron chi connectivity index (χ4n) is 2.33. The Bertz CT molecular complexity index is 570. The quantitative estimate of drug-likeness (QED) is 0.760. The van der Waals surface area contributed by atoms with Crippen LogP contribution in [0.25, 0.3) is 10.8 Å². The molecule has 0 spiro atoms. The number of ether oxygens (including phenoxy) is 1. The van der Waals surface area contributed by atoms with Gasteiger partial charge in [0.25, 0.3) is 0 Å². The Balaban J connectivity index is 2.52. The smallest absolute Gasteiger partial charge is 0.302 e. The zero-order valence-corrected chi connectivity index (χ0v) is 11.1. The van der Waals surface area contributed by atoms with Gasteiger partial charge in [0, 0.05) is 6.92 Å². The lowest BCUT2D eigenvalue weighted by Crippen LogP contribution is -2.03. The lowest BCUT2D eigenvalue weighted by molar-refractivity contribution is -0.142. The minimum atomic E-state index is -0.238. The molecule has 0 aliphatic rings. The van der Waals surface area contributed by atoms with Crippen LogP contribution in [-0.4, -0.2) is 5.97 Å². The SMILES string of the molecule is CC(=O)OCc1ccc2ccccc2c1C(C)C. The maximum absolute atomic E-state index is 10.9. The van der Waals surface area contributed by atoms with Crippen LogP contribution in [0.15, 0.2) is 36.4 Å². The Morgan fingerprint density at radius 3 is 2.56 bits per heavy atom. The normalized spacial score (nSPS) is 10.9. The molecule has 0 saturated carbocycles. The molecular formula is C16H18O2. The molecule has 0 atom stereocenters. The number of rotatable bonds is 3. The van der Waals surface area contributed by atoms with Crippen molar-refractivity contribution in [2.75, 3.05) is 0 Å². The largest absolute Gasteiger partial charge is 0.461 e. The molecule has 0 fully saturated rings. The summed E-state index contributed by atoms with van der Waals surface area (Å²) in [5.41, 5.74) is 2.37. The Morgan fingerprint density at radius 1 is 1.17 bits per heavy atom. The van der Waals surface area contributed by atoms with Gasteiger partial charge in [-0.05, 0) is 27.8 Å². The molecule has 94 valence electrons. The lowest BCUT2D eigenvalue weighted by atomic mass is 9.91. The molecule has 0 amide bonds. The Kier molecular flexibility index (Phi) is 3.66. The van der Waals surface area contributed by atoms with E-state index in [1.807, 2.05) is 12.1 Å². The van der Waals surface area contributed by atoms with Crippen molar-refractivity contribution in [3.63, 3.8) is 0 Å². The van der Waals surface area contributed by atoms with E-state index in [0.717, 1.165) is 5.56 Å². The zero-order chi connectivity index (χ0) is 13.1. The topological polar surface area (TPSA) is 26.3 Å². The van der Waals surface area contributed by atoms with Crippen LogP contribution in [0.3, 0.4) is 0 Å². The van der Waals surface area contributed by atoms with Gasteiger partial charge in [-0.2, -0.15) is 0 Å². The minimum absolute atomic E-state index is 0.238. The standard InChI is InChI=1S/C16H18O2/c1-11(2)16-14(10-18-12(3)17)9-8-13-6-4-5-7-15(13)16/h4-9,11H,10H2,1-3H3. The van der Waals surface area contributed by atoms with Crippen molar-refractivity contribution in [1.29, 1.82) is 0 Å². The predicted molar refractivity (Wildman–Crippen MR) is 73.5 cm³/mol. The summed E-state index contributed by atoms with van der Waals surface area (Å²) in [6.07, 6.45) is 0. The van der Waals surface area contributed by atoms with Gasteiger partial charge in [-0.15, -0.1) is 0 Å². The van der Waals surface area contributed by atoms with E-state index in [1.54, 1.807) is 0 Å². The van der Waals surface area contributed by atoms with E-state index in [-0.39, 0.29) is 5.97 Å². The van der Waals surface area contributed by atoms with Crippen molar-refractivity contribution in [2.24, 2.45) is 0 Å². The highest BCUT2D eigenvalue weighted by Crippen LogP contribution is 2.29. The van der Waals surface area contributed by atoms with Crippen LogP contribution in [0.5, 0.6) is 0 Å². The molecule has 0 N–H and O–H groups in total. The van der Waals surface area contributed by atoms with Crippen molar-refractivity contribution in [1.82, 2.24) is 0 Å². The van der Waals surface area contributed by atoms with Crippen LogP contribution in [0.4, 0.5) is 0 Å². The van der Waals surface area contributed by atoms with Gasteiger partial charge in [0.1, 0.15) is 6.61 Å². The molecule has 0 saturated heterocycles. The first-order valence-electron chi connectivity index (χ1n) is 6.23. The summed E-state index contributed by atoms with van der Waals surface area (Å²) in [5.74, 6) is 0.166. The number of carbonyl (C=O) groups is 1. The van der Waals surface area contributed by atoms with Crippen LogP contribution >= 0.6 is 0 Å². The van der Waals surface area contributed by atoms with Crippen molar-refractivity contribution in [2.45, 2.75) is 33.3 Å². The molecule has 0 aliphatic carbocycles. The van der Waals surface area contributed by atoms with E-state index < -0.39 is 0 Å². The molecular weight excluding hydrogens is 224 g/mol. The average Bonchev–Trinajstić information content (AvgIpc) is 2.35. The van der Waals surface area contributed by atoms with E-state index >= 15 is 0 Å². The first-order chi connectivity index (χ1) is 8.59. The van der Waals surface area contributed by atoms with Crippen LogP contribution in [0.1, 0.15) is 37.8 Å². The first kappa shape index (κ1) is 12.6. The summed E-state index contributed by atoms with van der Waals surface area (Å²) in [5, 5.41) is 2.48. The maximum atomic E-state index is 10.9. The van der Waals surface area contributed by atoms with Crippen LogP contribution in [0.2, 0.25) is 0 Å². The van der Waals surface area contributed by atoms with Gasteiger partial charge in [0.2, 0.25) is 0 Å². The summed E-state index contributed by atoms with van der Waals surface area (Å²) in [7, 11) is 0. The highest BCUT2D eigenvalue weighted by Gasteiger charge is 2.11. The Hall–Kier alpha value is -1.83. The number of esters is 1. The van der Waals surface area contributed by atoms with Crippen LogP contribution < -0.4 is 0 Å². The Morgan fingerprint density at radius 2 is 1.89 bits per heavy atom. The summed E-state index contributed by atoms with van der Waals surface area (Å²) >= 11 is 0. The molecule has 2 aromatic rings. The second-order valence-electron chi connectivity index (χ2n) is 4.79. The third kappa shape index (κ3) is 2.53. The highest BCUT2D eigenvalue weighted by atomic mass is 16.5. The van der Waals surface area contributed by atoms with Gasteiger partial charge in [-0.3, -0.25) is 4.79 Å². The second-order valence-corrected chi connectivity index (χ2v) is 4.79. The molecule has 2 heteroatoms. The molecule has 0 radical (unpaired) electrons. The van der Waals surface area contributed by atoms with Gasteiger partial charge >= 0.3 is 5.97 Å². The summed E-state index contributed by atoms with van der Waals surface area (Å²) < 4.78 is 5.13. The molecule has 2 aromatic carbocycles. The van der Waals surface area contributed by atoms with Gasteiger partial charge in [0.05, 0.1) is 0 Å². The van der Waals surface area contributed by atoms with E-state index in [4.69, 9.17) is 4.74 Å². The second kappa shape index (κ2) is 5.21. The fourth-order valence-corrected chi connectivity index (χ4v) is 2.33. The monoisotopic (exact) mass is 242 g/mol. The van der Waals surface area contributed by atoms with Crippen molar-refractivity contribution in [3.8, 4) is 0 Å². The molecule has 0 heterocycles. The number of benzene rings is 2.